The van der Waals surface area contributed by atoms with Crippen molar-refractivity contribution in [1.82, 2.24) is 0 Å². The summed E-state index contributed by atoms with van der Waals surface area (Å²) in [6.45, 7) is 0. The molecule has 1 amide bonds. The maximum atomic E-state index is 9.98. The van der Waals surface area contributed by atoms with E-state index in [0.717, 1.165) is 0 Å². The van der Waals surface area contributed by atoms with E-state index in [1.165, 1.54) is 6.07 Å². The van der Waals surface area contributed by atoms with Gasteiger partial charge in [0.1, 0.15) is 6.07 Å². The van der Waals surface area contributed by atoms with E-state index in [1.807, 2.05) is 10.4 Å². The number of carbonyl (C=O) groups is 1. The van der Waals surface area contributed by atoms with Crippen molar-refractivity contribution in [2.75, 3.05) is 0 Å². The molecule has 0 N–H and O–H groups in total. The van der Waals surface area contributed by atoms with Gasteiger partial charge in [-0.05, 0) is 5.18 Å². The minimum atomic E-state index is -1.78. The van der Waals surface area contributed by atoms with Crippen LogP contribution in [0.2, 0.25) is 0 Å². The Bertz CT molecular complexity index is 181. The first-order valence-electron chi connectivity index (χ1n) is 1.85. The maximum Gasteiger partial charge on any atom is 0.328 e. The van der Waals surface area contributed by atoms with Crippen LogP contribution in [0.5, 0.6) is 0 Å². The summed E-state index contributed by atoms with van der Waals surface area (Å²) in [6.07, 6.45) is 0. The lowest BCUT2D eigenvalue weighted by Crippen LogP contribution is -2.11. The van der Waals surface area contributed by atoms with E-state index in [0.29, 0.717) is 0 Å². The fraction of sp³-hybridized carbons (Fsp3) is 0.333. The lowest BCUT2D eigenvalue weighted by atomic mass is 10.3. The molecule has 0 spiro atoms. The fourth-order valence-electron chi connectivity index (χ4n) is 0.174. The highest BCUT2D eigenvalue weighted by Gasteiger charge is 2.17. The summed E-state index contributed by atoms with van der Waals surface area (Å²) in [5, 5.41) is 11.7. The summed E-state index contributed by atoms with van der Waals surface area (Å²) in [6, 6.07) is -0.596. The van der Waals surface area contributed by atoms with Crippen molar-refractivity contribution in [3.05, 3.63) is 9.81 Å². The fourth-order valence-corrected chi connectivity index (χ4v) is 0.174. The van der Waals surface area contributed by atoms with Gasteiger partial charge in [-0.3, -0.25) is 4.79 Å². The molecule has 0 saturated carbocycles. The quantitative estimate of drug-likeness (QED) is 0.485. The molecule has 0 aromatic carbocycles. The van der Waals surface area contributed by atoms with Crippen LogP contribution in [0.1, 0.15) is 0 Å². The Morgan fingerprint density at radius 1 is 1.56 bits per heavy atom. The summed E-state index contributed by atoms with van der Waals surface area (Å²) in [5.41, 5.74) is 0. The first kappa shape index (κ1) is 7.36. The van der Waals surface area contributed by atoms with Gasteiger partial charge in [0.2, 0.25) is 0 Å². The Morgan fingerprint density at radius 3 is 2.22 bits per heavy atom. The molecule has 0 bridgehead atoms. The van der Waals surface area contributed by atoms with Crippen molar-refractivity contribution in [3.63, 3.8) is 0 Å². The van der Waals surface area contributed by atoms with E-state index >= 15 is 0 Å². The summed E-state index contributed by atoms with van der Waals surface area (Å²) in [5.74, 6) is -1.35. The average Bonchev–Trinajstić information content (AvgIpc) is 1.90. The second-order valence-electron chi connectivity index (χ2n) is 1.07. The van der Waals surface area contributed by atoms with Gasteiger partial charge in [-0.1, -0.05) is 0 Å². The zero-order valence-corrected chi connectivity index (χ0v) is 4.14. The lowest BCUT2D eigenvalue weighted by molar-refractivity contribution is -0.118. The van der Waals surface area contributed by atoms with Gasteiger partial charge in [0, 0.05) is 5.18 Å². The highest BCUT2D eigenvalue weighted by Crippen LogP contribution is 1.89. The molecule has 1 unspecified atom stereocenters. The SMILES string of the molecule is N#CC(N=O)C(=O)N=O. The van der Waals surface area contributed by atoms with Gasteiger partial charge >= 0.3 is 5.91 Å². The van der Waals surface area contributed by atoms with Crippen molar-refractivity contribution in [2.45, 2.75) is 6.04 Å². The van der Waals surface area contributed by atoms with Crippen LogP contribution in [-0.2, 0) is 4.79 Å². The van der Waals surface area contributed by atoms with Crippen LogP contribution in [0.4, 0.5) is 0 Å². The number of nitriles is 1. The minimum absolute atomic E-state index is 1.18. The molecule has 0 fully saturated rings. The third-order valence-electron chi connectivity index (χ3n) is 0.552. The predicted octanol–water partition coefficient (Wildman–Crippen LogP) is -0.0620. The molecule has 0 rings (SSSR count). The lowest BCUT2D eigenvalue weighted by Gasteiger charge is -1.83. The second-order valence-corrected chi connectivity index (χ2v) is 1.07. The molecule has 0 aromatic heterocycles. The predicted molar refractivity (Wildman–Crippen MR) is 26.0 cm³/mol. The third-order valence-corrected chi connectivity index (χ3v) is 0.552. The molecule has 0 saturated heterocycles. The zero-order valence-electron chi connectivity index (χ0n) is 4.14. The number of nitrogens with zero attached hydrogens (tertiary/aromatic N) is 3. The number of carbonyl (C=O) groups excluding carboxylic acids is 1. The molecule has 46 valence electrons. The second kappa shape index (κ2) is 3.37. The van der Waals surface area contributed by atoms with Crippen molar-refractivity contribution in [2.24, 2.45) is 10.4 Å². The Hall–Kier alpha value is -1.64. The molecule has 1 atom stereocenters. The van der Waals surface area contributed by atoms with Crippen LogP contribution in [0.3, 0.4) is 0 Å². The number of amides is 1. The molecule has 0 aliphatic heterocycles. The van der Waals surface area contributed by atoms with Gasteiger partial charge in [-0.15, -0.1) is 9.81 Å². The van der Waals surface area contributed by atoms with Gasteiger partial charge in [0.25, 0.3) is 6.04 Å². The van der Waals surface area contributed by atoms with Crippen molar-refractivity contribution < 1.29 is 4.79 Å². The summed E-state index contributed by atoms with van der Waals surface area (Å²) in [4.78, 5) is 28.7. The number of hydrogen-bond donors (Lipinski definition) is 0. The highest BCUT2D eigenvalue weighted by molar-refractivity contribution is 5.85. The number of rotatable bonds is 2. The highest BCUT2D eigenvalue weighted by atomic mass is 16.3. The van der Waals surface area contributed by atoms with Crippen LogP contribution in [0.25, 0.3) is 0 Å². The molecular formula is C3HN3O3. The molecule has 0 heterocycles. The molecule has 6 nitrogen and oxygen atoms in total. The van der Waals surface area contributed by atoms with E-state index in [-0.39, 0.29) is 0 Å². The monoisotopic (exact) mass is 127 g/mol. The Kier molecular flexibility index (Phi) is 2.76. The number of hydrogen-bond acceptors (Lipinski definition) is 5. The van der Waals surface area contributed by atoms with Gasteiger partial charge in [-0.2, -0.15) is 5.26 Å². The van der Waals surface area contributed by atoms with E-state index in [9.17, 15) is 14.6 Å². The van der Waals surface area contributed by atoms with Crippen LogP contribution < -0.4 is 0 Å². The van der Waals surface area contributed by atoms with E-state index in [2.05, 4.69) is 0 Å². The molecule has 0 aliphatic rings. The largest absolute Gasteiger partial charge is 0.328 e. The zero-order chi connectivity index (χ0) is 7.28. The first-order valence-corrected chi connectivity index (χ1v) is 1.85. The van der Waals surface area contributed by atoms with Crippen LogP contribution in [0.15, 0.2) is 10.4 Å². The topological polar surface area (TPSA) is 99.7 Å². The standard InChI is InChI=1S/C3HN3O3/c4-1-2(5-8)3(7)6-9/h2H. The van der Waals surface area contributed by atoms with Crippen LogP contribution in [-0.4, -0.2) is 11.9 Å². The van der Waals surface area contributed by atoms with Crippen molar-refractivity contribution >= 4 is 5.91 Å². The molecule has 0 aromatic rings. The van der Waals surface area contributed by atoms with Crippen molar-refractivity contribution in [3.8, 4) is 6.07 Å². The van der Waals surface area contributed by atoms with E-state index in [4.69, 9.17) is 5.26 Å². The smallest absolute Gasteiger partial charge is 0.265 e. The molecule has 9 heavy (non-hydrogen) atoms. The minimum Gasteiger partial charge on any atom is -0.265 e. The van der Waals surface area contributed by atoms with E-state index in [1.54, 1.807) is 0 Å². The van der Waals surface area contributed by atoms with Gasteiger partial charge < -0.3 is 0 Å². The van der Waals surface area contributed by atoms with Crippen molar-refractivity contribution in [1.29, 1.82) is 5.26 Å². The van der Waals surface area contributed by atoms with Gasteiger partial charge in [0.15, 0.2) is 0 Å². The van der Waals surface area contributed by atoms with Crippen LogP contribution in [0, 0.1) is 21.1 Å². The molecule has 0 radical (unpaired) electrons. The summed E-state index contributed by atoms with van der Waals surface area (Å²) < 4.78 is 0. The normalized spacial score (nSPS) is 11.0. The van der Waals surface area contributed by atoms with Gasteiger partial charge in [-0.25, -0.2) is 0 Å². The maximum absolute atomic E-state index is 9.98. The summed E-state index contributed by atoms with van der Waals surface area (Å²) >= 11 is 0. The Balaban J connectivity index is 4.15. The Labute approximate surface area is 49.4 Å². The Morgan fingerprint density at radius 2 is 2.11 bits per heavy atom. The third kappa shape index (κ3) is 1.73. The van der Waals surface area contributed by atoms with E-state index < -0.39 is 11.9 Å². The number of nitroso groups, excluding NO2 is 2. The molecule has 6 heteroatoms. The molecular weight excluding hydrogens is 126 g/mol. The molecule has 0 aliphatic carbocycles. The summed E-state index contributed by atoms with van der Waals surface area (Å²) in [7, 11) is 0. The van der Waals surface area contributed by atoms with Gasteiger partial charge in [0.05, 0.1) is 0 Å². The van der Waals surface area contributed by atoms with Crippen LogP contribution >= 0.6 is 0 Å². The first-order chi connectivity index (χ1) is 4.26. The average molecular weight is 127 g/mol.